The number of nitrogens with zero attached hydrogens (tertiary/aromatic N) is 1. The molecule has 2 aliphatic rings. The van der Waals surface area contributed by atoms with Crippen LogP contribution in [0, 0.1) is 11.8 Å². The molecular weight excluding hydrogens is 316 g/mol. The fraction of sp³-hybridized carbons (Fsp3) is 0.600. The van der Waals surface area contributed by atoms with E-state index >= 15 is 0 Å². The van der Waals surface area contributed by atoms with Gasteiger partial charge in [0, 0.05) is 24.7 Å². The van der Waals surface area contributed by atoms with E-state index < -0.39 is 0 Å². The molecule has 1 aromatic carbocycles. The molecule has 0 radical (unpaired) electrons. The minimum absolute atomic E-state index is 0.0153. The second-order valence-corrected chi connectivity index (χ2v) is 7.30. The number of nitrogens with one attached hydrogen (secondary N) is 1. The van der Waals surface area contributed by atoms with Crippen LogP contribution in [0.3, 0.4) is 0 Å². The van der Waals surface area contributed by atoms with Crippen LogP contribution in [0.15, 0.2) is 24.3 Å². The first-order chi connectivity index (χ1) is 12.1. The SMILES string of the molecule is CCOc1ccc(N2C[C@@H](C(=O)NC3CCC(C)CC3)CC2=O)cc1. The molecule has 1 aliphatic carbocycles. The molecule has 2 amide bonds. The molecule has 25 heavy (non-hydrogen) atoms. The largest absolute Gasteiger partial charge is 0.494 e. The summed E-state index contributed by atoms with van der Waals surface area (Å²) in [5.41, 5.74) is 0.829. The van der Waals surface area contributed by atoms with E-state index in [9.17, 15) is 9.59 Å². The third-order valence-corrected chi connectivity index (χ3v) is 5.32. The predicted molar refractivity (Wildman–Crippen MR) is 97.6 cm³/mol. The summed E-state index contributed by atoms with van der Waals surface area (Å²) >= 11 is 0. The van der Waals surface area contributed by atoms with Crippen molar-refractivity contribution in [1.29, 1.82) is 0 Å². The van der Waals surface area contributed by atoms with Crippen molar-refractivity contribution < 1.29 is 14.3 Å². The van der Waals surface area contributed by atoms with Crippen molar-refractivity contribution in [3.63, 3.8) is 0 Å². The van der Waals surface area contributed by atoms with Crippen molar-refractivity contribution in [2.75, 3.05) is 18.1 Å². The molecule has 1 atom stereocenters. The van der Waals surface area contributed by atoms with Crippen molar-refractivity contribution in [3.05, 3.63) is 24.3 Å². The van der Waals surface area contributed by atoms with E-state index in [1.807, 2.05) is 31.2 Å². The Hall–Kier alpha value is -2.04. The Balaban J connectivity index is 1.57. The Morgan fingerprint density at radius 2 is 1.88 bits per heavy atom. The first kappa shape index (κ1) is 17.8. The van der Waals surface area contributed by atoms with E-state index in [0.717, 1.165) is 30.2 Å². The lowest BCUT2D eigenvalue weighted by Crippen LogP contribution is -2.41. The summed E-state index contributed by atoms with van der Waals surface area (Å²) < 4.78 is 5.43. The van der Waals surface area contributed by atoms with Gasteiger partial charge in [-0.05, 0) is 62.8 Å². The third-order valence-electron chi connectivity index (χ3n) is 5.32. The summed E-state index contributed by atoms with van der Waals surface area (Å²) in [7, 11) is 0. The number of ether oxygens (including phenoxy) is 1. The molecule has 5 nitrogen and oxygen atoms in total. The highest BCUT2D eigenvalue weighted by atomic mass is 16.5. The Morgan fingerprint density at radius 3 is 2.52 bits per heavy atom. The van der Waals surface area contributed by atoms with E-state index in [4.69, 9.17) is 4.74 Å². The van der Waals surface area contributed by atoms with Crippen LogP contribution >= 0.6 is 0 Å². The van der Waals surface area contributed by atoms with Gasteiger partial charge in [-0.3, -0.25) is 9.59 Å². The second kappa shape index (κ2) is 7.89. The summed E-state index contributed by atoms with van der Waals surface area (Å²) in [6, 6.07) is 7.77. The Bertz CT molecular complexity index is 606. The number of carbonyl (C=O) groups is 2. The maximum Gasteiger partial charge on any atom is 0.227 e. The molecule has 2 fully saturated rings. The van der Waals surface area contributed by atoms with Crippen LogP contribution in [-0.4, -0.2) is 31.0 Å². The average Bonchev–Trinajstić information content (AvgIpc) is 3.00. The molecule has 5 heteroatoms. The highest BCUT2D eigenvalue weighted by Crippen LogP contribution is 2.28. The molecular formula is C20H28N2O3. The topological polar surface area (TPSA) is 58.6 Å². The summed E-state index contributed by atoms with van der Waals surface area (Å²) in [4.78, 5) is 26.6. The number of amides is 2. The molecule has 0 spiro atoms. The van der Waals surface area contributed by atoms with Gasteiger partial charge in [-0.25, -0.2) is 0 Å². The Morgan fingerprint density at radius 1 is 1.20 bits per heavy atom. The normalized spacial score (nSPS) is 26.6. The van der Waals surface area contributed by atoms with Crippen molar-refractivity contribution >= 4 is 17.5 Å². The van der Waals surface area contributed by atoms with E-state index in [1.165, 1.54) is 12.8 Å². The number of rotatable bonds is 5. The lowest BCUT2D eigenvalue weighted by Gasteiger charge is -2.27. The number of benzene rings is 1. The molecule has 0 aromatic heterocycles. The van der Waals surface area contributed by atoms with Gasteiger partial charge in [0.1, 0.15) is 5.75 Å². The quantitative estimate of drug-likeness (QED) is 0.893. The number of hydrogen-bond acceptors (Lipinski definition) is 3. The zero-order valence-corrected chi connectivity index (χ0v) is 15.2. The minimum Gasteiger partial charge on any atom is -0.494 e. The summed E-state index contributed by atoms with van der Waals surface area (Å²) in [6.45, 7) is 5.28. The maximum atomic E-state index is 12.5. The molecule has 1 heterocycles. The smallest absolute Gasteiger partial charge is 0.227 e. The molecule has 0 unspecified atom stereocenters. The average molecular weight is 344 g/mol. The fourth-order valence-corrected chi connectivity index (χ4v) is 3.75. The van der Waals surface area contributed by atoms with Gasteiger partial charge in [-0.15, -0.1) is 0 Å². The fourth-order valence-electron chi connectivity index (χ4n) is 3.75. The van der Waals surface area contributed by atoms with Crippen LogP contribution in [0.4, 0.5) is 5.69 Å². The predicted octanol–water partition coefficient (Wildman–Crippen LogP) is 3.13. The molecule has 0 bridgehead atoms. The molecule has 3 rings (SSSR count). The van der Waals surface area contributed by atoms with Gasteiger partial charge < -0.3 is 15.0 Å². The summed E-state index contributed by atoms with van der Waals surface area (Å²) in [5, 5.41) is 3.16. The standard InChI is InChI=1S/C20H28N2O3/c1-3-25-18-10-8-17(9-11-18)22-13-15(12-19(22)23)20(24)21-16-6-4-14(2)5-7-16/h8-11,14-16H,3-7,12-13H2,1-2H3,(H,21,24)/t14?,15-,16?/m0/s1. The highest BCUT2D eigenvalue weighted by Gasteiger charge is 2.36. The Labute approximate surface area is 149 Å². The number of carbonyl (C=O) groups excluding carboxylic acids is 2. The summed E-state index contributed by atoms with van der Waals surface area (Å²) in [6.07, 6.45) is 4.74. The van der Waals surface area contributed by atoms with Gasteiger partial charge >= 0.3 is 0 Å². The van der Waals surface area contributed by atoms with E-state index in [1.54, 1.807) is 4.90 Å². The van der Waals surface area contributed by atoms with E-state index in [0.29, 0.717) is 19.6 Å². The first-order valence-corrected chi connectivity index (χ1v) is 9.40. The lowest BCUT2D eigenvalue weighted by molar-refractivity contribution is -0.127. The monoisotopic (exact) mass is 344 g/mol. The van der Waals surface area contributed by atoms with E-state index in [2.05, 4.69) is 12.2 Å². The Kier molecular flexibility index (Phi) is 5.61. The van der Waals surface area contributed by atoms with Crippen LogP contribution in [0.2, 0.25) is 0 Å². The van der Waals surface area contributed by atoms with Gasteiger partial charge in [0.15, 0.2) is 0 Å². The van der Waals surface area contributed by atoms with Crippen molar-refractivity contribution in [2.24, 2.45) is 11.8 Å². The van der Waals surface area contributed by atoms with E-state index in [-0.39, 0.29) is 23.8 Å². The van der Waals surface area contributed by atoms with Gasteiger partial charge in [-0.2, -0.15) is 0 Å². The van der Waals surface area contributed by atoms with Crippen LogP contribution in [0.1, 0.15) is 46.0 Å². The van der Waals surface area contributed by atoms with Crippen molar-refractivity contribution in [3.8, 4) is 5.75 Å². The molecule has 1 aliphatic heterocycles. The van der Waals surface area contributed by atoms with Crippen LogP contribution in [0.25, 0.3) is 0 Å². The van der Waals surface area contributed by atoms with Crippen LogP contribution in [-0.2, 0) is 9.59 Å². The first-order valence-electron chi connectivity index (χ1n) is 9.40. The minimum atomic E-state index is -0.251. The van der Waals surface area contributed by atoms with Gasteiger partial charge in [0.05, 0.1) is 12.5 Å². The molecule has 1 N–H and O–H groups in total. The second-order valence-electron chi connectivity index (χ2n) is 7.30. The van der Waals surface area contributed by atoms with Crippen molar-refractivity contribution in [1.82, 2.24) is 5.32 Å². The maximum absolute atomic E-state index is 12.5. The number of hydrogen-bond donors (Lipinski definition) is 1. The molecule has 1 aromatic rings. The summed E-state index contributed by atoms with van der Waals surface area (Å²) in [5.74, 6) is 1.34. The van der Waals surface area contributed by atoms with Crippen LogP contribution in [0.5, 0.6) is 5.75 Å². The van der Waals surface area contributed by atoms with Gasteiger partial charge in [-0.1, -0.05) is 6.92 Å². The molecule has 1 saturated heterocycles. The molecule has 1 saturated carbocycles. The number of anilines is 1. The third kappa shape index (κ3) is 4.33. The van der Waals surface area contributed by atoms with Crippen LogP contribution < -0.4 is 15.0 Å². The zero-order valence-electron chi connectivity index (χ0n) is 15.2. The van der Waals surface area contributed by atoms with Gasteiger partial charge in [0.2, 0.25) is 11.8 Å². The van der Waals surface area contributed by atoms with Gasteiger partial charge in [0.25, 0.3) is 0 Å². The lowest BCUT2D eigenvalue weighted by atomic mass is 9.87. The molecule has 136 valence electrons. The zero-order chi connectivity index (χ0) is 17.8. The van der Waals surface area contributed by atoms with Crippen molar-refractivity contribution in [2.45, 2.75) is 52.0 Å². The highest BCUT2D eigenvalue weighted by molar-refractivity contribution is 6.00.